The third kappa shape index (κ3) is 4.02. The van der Waals surface area contributed by atoms with Gasteiger partial charge in [-0.15, -0.1) is 11.3 Å². The quantitative estimate of drug-likeness (QED) is 0.910. The Labute approximate surface area is 141 Å². The highest BCUT2D eigenvalue weighted by Crippen LogP contribution is 2.23. The molecule has 1 aliphatic rings. The average molecular weight is 333 g/mol. The lowest BCUT2D eigenvalue weighted by molar-refractivity contribution is 0.109. The average Bonchev–Trinajstić information content (AvgIpc) is 3.02. The smallest absolute Gasteiger partial charge is 0.185 e. The molecule has 0 saturated carbocycles. The number of aryl methyl sites for hydroxylation is 1. The first-order chi connectivity index (χ1) is 11.2. The fourth-order valence-electron chi connectivity index (χ4n) is 2.81. The number of rotatable bonds is 5. The van der Waals surface area contributed by atoms with Gasteiger partial charge in [0.25, 0.3) is 0 Å². The van der Waals surface area contributed by atoms with Crippen molar-refractivity contribution >= 4 is 16.5 Å². The maximum absolute atomic E-state index is 10.5. The number of hydrogen-bond donors (Lipinski definition) is 1. The lowest BCUT2D eigenvalue weighted by Gasteiger charge is -2.35. The summed E-state index contributed by atoms with van der Waals surface area (Å²) in [4.78, 5) is 9.18. The van der Waals surface area contributed by atoms with E-state index in [9.17, 15) is 5.11 Å². The molecule has 5 nitrogen and oxygen atoms in total. The second kappa shape index (κ2) is 7.29. The van der Waals surface area contributed by atoms with Gasteiger partial charge < -0.3 is 14.7 Å². The topological polar surface area (TPSA) is 48.8 Å². The van der Waals surface area contributed by atoms with E-state index >= 15 is 0 Å². The van der Waals surface area contributed by atoms with Crippen LogP contribution in [0.1, 0.15) is 17.4 Å². The van der Waals surface area contributed by atoms with E-state index in [-0.39, 0.29) is 0 Å². The molecular weight excluding hydrogens is 310 g/mol. The normalized spacial score (nSPS) is 17.3. The zero-order chi connectivity index (χ0) is 16.2. The minimum Gasteiger partial charge on any atom is -0.497 e. The van der Waals surface area contributed by atoms with Crippen molar-refractivity contribution in [3.8, 4) is 5.75 Å². The molecule has 23 heavy (non-hydrogen) atoms. The van der Waals surface area contributed by atoms with Gasteiger partial charge in [0.2, 0.25) is 0 Å². The standard InChI is InChI=1S/C17H23N3O2S/c1-13-12-23-17(18-13)20-8-6-19(7-9-20)11-16(21)14-4-3-5-15(10-14)22-2/h3-5,10,12,16,21H,6-9,11H2,1-2H3. The number of ether oxygens (including phenoxy) is 1. The van der Waals surface area contributed by atoms with Crippen LogP contribution in [0.4, 0.5) is 5.13 Å². The predicted octanol–water partition coefficient (Wildman–Crippen LogP) is 2.32. The summed E-state index contributed by atoms with van der Waals surface area (Å²) in [6.45, 7) is 6.48. The summed E-state index contributed by atoms with van der Waals surface area (Å²) >= 11 is 1.71. The van der Waals surface area contributed by atoms with Crippen molar-refractivity contribution in [3.63, 3.8) is 0 Å². The van der Waals surface area contributed by atoms with Crippen molar-refractivity contribution in [2.45, 2.75) is 13.0 Å². The molecule has 1 saturated heterocycles. The van der Waals surface area contributed by atoms with Gasteiger partial charge >= 0.3 is 0 Å². The predicted molar refractivity (Wildman–Crippen MR) is 93.5 cm³/mol. The lowest BCUT2D eigenvalue weighted by atomic mass is 10.1. The summed E-state index contributed by atoms with van der Waals surface area (Å²) in [6.07, 6.45) is -0.487. The highest BCUT2D eigenvalue weighted by molar-refractivity contribution is 7.13. The molecule has 1 N–H and O–H groups in total. The van der Waals surface area contributed by atoms with Gasteiger partial charge in [-0.3, -0.25) is 4.90 Å². The van der Waals surface area contributed by atoms with Crippen LogP contribution < -0.4 is 9.64 Å². The van der Waals surface area contributed by atoms with E-state index in [0.717, 1.165) is 48.3 Å². The SMILES string of the molecule is COc1cccc(C(O)CN2CCN(c3nc(C)cs3)CC2)c1. The van der Waals surface area contributed by atoms with Crippen molar-refractivity contribution in [2.75, 3.05) is 44.7 Å². The molecule has 0 radical (unpaired) electrons. The Morgan fingerprint density at radius 3 is 2.74 bits per heavy atom. The number of thiazole rings is 1. The summed E-state index contributed by atoms with van der Waals surface area (Å²) in [5.74, 6) is 0.783. The molecule has 0 bridgehead atoms. The second-order valence-corrected chi connectivity index (χ2v) is 6.69. The number of benzene rings is 1. The first kappa shape index (κ1) is 16.2. The molecule has 0 amide bonds. The van der Waals surface area contributed by atoms with Gasteiger partial charge in [0.05, 0.1) is 18.9 Å². The van der Waals surface area contributed by atoms with Crippen molar-refractivity contribution < 1.29 is 9.84 Å². The minimum absolute atomic E-state index is 0.487. The molecule has 3 rings (SSSR count). The maximum atomic E-state index is 10.5. The third-order valence-electron chi connectivity index (χ3n) is 4.16. The van der Waals surface area contributed by atoms with Crippen LogP contribution in [0.5, 0.6) is 5.75 Å². The summed E-state index contributed by atoms with van der Waals surface area (Å²) in [7, 11) is 1.64. The number of anilines is 1. The molecule has 2 aromatic rings. The monoisotopic (exact) mass is 333 g/mol. The van der Waals surface area contributed by atoms with E-state index in [2.05, 4.69) is 20.2 Å². The Hall–Kier alpha value is -1.63. The van der Waals surface area contributed by atoms with Gasteiger partial charge in [-0.25, -0.2) is 4.98 Å². The van der Waals surface area contributed by atoms with Gasteiger partial charge in [-0.1, -0.05) is 12.1 Å². The Morgan fingerprint density at radius 2 is 2.09 bits per heavy atom. The first-order valence-electron chi connectivity index (χ1n) is 7.87. The second-order valence-electron chi connectivity index (χ2n) is 5.85. The van der Waals surface area contributed by atoms with E-state index in [0.29, 0.717) is 6.54 Å². The van der Waals surface area contributed by atoms with E-state index in [1.165, 1.54) is 0 Å². The van der Waals surface area contributed by atoms with Crippen LogP contribution in [0.2, 0.25) is 0 Å². The Bertz CT molecular complexity index is 638. The number of aliphatic hydroxyl groups excluding tert-OH is 1. The molecule has 1 atom stereocenters. The van der Waals surface area contributed by atoms with Crippen molar-refractivity contribution in [1.29, 1.82) is 0 Å². The van der Waals surface area contributed by atoms with Crippen LogP contribution in [-0.4, -0.2) is 54.8 Å². The van der Waals surface area contributed by atoms with Crippen LogP contribution in [0, 0.1) is 6.92 Å². The largest absolute Gasteiger partial charge is 0.497 e. The number of piperazine rings is 1. The molecule has 1 aromatic heterocycles. The van der Waals surface area contributed by atoms with E-state index < -0.39 is 6.10 Å². The van der Waals surface area contributed by atoms with Crippen molar-refractivity contribution in [3.05, 3.63) is 40.9 Å². The molecule has 1 fully saturated rings. The Morgan fingerprint density at radius 1 is 1.30 bits per heavy atom. The fourth-order valence-corrected chi connectivity index (χ4v) is 3.66. The van der Waals surface area contributed by atoms with Gasteiger partial charge in [0.1, 0.15) is 5.75 Å². The van der Waals surface area contributed by atoms with E-state index in [4.69, 9.17) is 4.74 Å². The first-order valence-corrected chi connectivity index (χ1v) is 8.75. The van der Waals surface area contributed by atoms with Crippen LogP contribution >= 0.6 is 11.3 Å². The molecule has 0 spiro atoms. The van der Waals surface area contributed by atoms with Gasteiger partial charge in [0.15, 0.2) is 5.13 Å². The highest BCUT2D eigenvalue weighted by atomic mass is 32.1. The molecule has 6 heteroatoms. The maximum Gasteiger partial charge on any atom is 0.185 e. The van der Waals surface area contributed by atoms with Crippen LogP contribution in [0.3, 0.4) is 0 Å². The number of aromatic nitrogens is 1. The summed E-state index contributed by atoms with van der Waals surface area (Å²) < 4.78 is 5.22. The highest BCUT2D eigenvalue weighted by Gasteiger charge is 2.21. The molecule has 1 aromatic carbocycles. The van der Waals surface area contributed by atoms with E-state index in [1.807, 2.05) is 31.2 Å². The minimum atomic E-state index is -0.487. The van der Waals surface area contributed by atoms with Gasteiger partial charge in [-0.2, -0.15) is 0 Å². The number of aliphatic hydroxyl groups is 1. The zero-order valence-electron chi connectivity index (χ0n) is 13.6. The summed E-state index contributed by atoms with van der Waals surface area (Å²) in [6, 6.07) is 7.66. The zero-order valence-corrected chi connectivity index (χ0v) is 14.4. The number of methoxy groups -OCH3 is 1. The molecule has 1 aliphatic heterocycles. The molecular formula is C17H23N3O2S. The third-order valence-corrected chi connectivity index (χ3v) is 5.18. The molecule has 0 aliphatic carbocycles. The van der Waals surface area contributed by atoms with Crippen LogP contribution in [0.25, 0.3) is 0 Å². The van der Waals surface area contributed by atoms with Gasteiger partial charge in [0, 0.05) is 38.1 Å². The number of hydrogen-bond acceptors (Lipinski definition) is 6. The van der Waals surface area contributed by atoms with Crippen LogP contribution in [-0.2, 0) is 0 Å². The summed E-state index contributed by atoms with van der Waals surface area (Å²) in [5.41, 5.74) is 1.99. The lowest BCUT2D eigenvalue weighted by Crippen LogP contribution is -2.47. The Kier molecular flexibility index (Phi) is 5.15. The van der Waals surface area contributed by atoms with E-state index in [1.54, 1.807) is 18.4 Å². The number of nitrogens with zero attached hydrogens (tertiary/aromatic N) is 3. The van der Waals surface area contributed by atoms with Crippen LogP contribution in [0.15, 0.2) is 29.6 Å². The van der Waals surface area contributed by atoms with Gasteiger partial charge in [-0.05, 0) is 24.6 Å². The van der Waals surface area contributed by atoms with Crippen molar-refractivity contribution in [1.82, 2.24) is 9.88 Å². The molecule has 124 valence electrons. The summed E-state index contributed by atoms with van der Waals surface area (Å²) in [5, 5.41) is 13.7. The molecule has 2 heterocycles. The van der Waals surface area contributed by atoms with Crippen molar-refractivity contribution in [2.24, 2.45) is 0 Å². The Balaban J connectivity index is 1.53. The number of β-amino-alcohol motifs (C(OH)–C–C–N with tert-alkyl or cyclic N) is 1. The molecule has 1 unspecified atom stereocenters. The fraction of sp³-hybridized carbons (Fsp3) is 0.471.